The minimum Gasteiger partial charge on any atom is -0.491 e. The van der Waals surface area contributed by atoms with Crippen LogP contribution >= 0.6 is 11.6 Å². The Kier molecular flexibility index (Phi) is 8.07. The average Bonchev–Trinajstić information content (AvgIpc) is 2.43. The molecule has 0 aliphatic heterocycles. The van der Waals surface area contributed by atoms with Crippen LogP contribution in [0.1, 0.15) is 5.56 Å². The van der Waals surface area contributed by atoms with Gasteiger partial charge in [-0.2, -0.15) is 0 Å². The Morgan fingerprint density at radius 2 is 2.29 bits per heavy atom. The Balaban J connectivity index is 2.12. The van der Waals surface area contributed by atoms with Crippen LogP contribution in [-0.4, -0.2) is 50.0 Å². The van der Waals surface area contributed by atoms with Crippen molar-refractivity contribution in [2.24, 2.45) is 5.73 Å². The summed E-state index contributed by atoms with van der Waals surface area (Å²) in [5, 5.41) is 13.4. The molecule has 0 fully saturated rings. The number of nitrogens with one attached hydrogen (secondary N) is 1. The molecule has 1 atom stereocenters. The van der Waals surface area contributed by atoms with Crippen LogP contribution in [0.4, 0.5) is 0 Å². The lowest BCUT2D eigenvalue weighted by molar-refractivity contribution is -0.122. The number of nitrogens with two attached hydrogens (primary N) is 1. The van der Waals surface area contributed by atoms with Crippen LogP contribution in [0.3, 0.4) is 0 Å². The lowest BCUT2D eigenvalue weighted by Crippen LogP contribution is -2.33. The van der Waals surface area contributed by atoms with E-state index in [0.717, 1.165) is 5.56 Å². The van der Waals surface area contributed by atoms with E-state index in [1.807, 2.05) is 13.0 Å². The molecular formula is C14H21ClN2O4. The van der Waals surface area contributed by atoms with Gasteiger partial charge in [-0.1, -0.05) is 11.6 Å². The van der Waals surface area contributed by atoms with Gasteiger partial charge in [-0.25, -0.2) is 0 Å². The monoisotopic (exact) mass is 316 g/mol. The zero-order valence-electron chi connectivity index (χ0n) is 12.0. The Labute approximate surface area is 129 Å². The first-order valence-corrected chi connectivity index (χ1v) is 7.00. The second-order valence-corrected chi connectivity index (χ2v) is 5.01. The molecule has 1 amide bonds. The summed E-state index contributed by atoms with van der Waals surface area (Å²) in [5.41, 5.74) is 5.85. The van der Waals surface area contributed by atoms with Crippen molar-refractivity contribution < 1.29 is 19.4 Å². The second kappa shape index (κ2) is 9.57. The van der Waals surface area contributed by atoms with E-state index in [1.165, 1.54) is 0 Å². The number of benzene rings is 1. The molecule has 4 N–H and O–H groups in total. The molecule has 0 spiro atoms. The van der Waals surface area contributed by atoms with E-state index in [0.29, 0.717) is 30.5 Å². The summed E-state index contributed by atoms with van der Waals surface area (Å²) in [7, 11) is 0. The van der Waals surface area contributed by atoms with Gasteiger partial charge in [-0.05, 0) is 30.7 Å². The zero-order valence-corrected chi connectivity index (χ0v) is 12.7. The van der Waals surface area contributed by atoms with E-state index < -0.39 is 12.0 Å². The van der Waals surface area contributed by atoms with Gasteiger partial charge in [0, 0.05) is 18.1 Å². The summed E-state index contributed by atoms with van der Waals surface area (Å²) in [6, 6.07) is 5.33. The molecule has 0 saturated heterocycles. The van der Waals surface area contributed by atoms with Gasteiger partial charge in [-0.15, -0.1) is 0 Å². The van der Waals surface area contributed by atoms with E-state index in [4.69, 9.17) is 26.8 Å². The Bertz CT molecular complexity index is 457. The summed E-state index contributed by atoms with van der Waals surface area (Å²) >= 11 is 5.92. The van der Waals surface area contributed by atoms with Crippen LogP contribution in [0.2, 0.25) is 5.02 Å². The quantitative estimate of drug-likeness (QED) is 0.546. The predicted octanol–water partition coefficient (Wildman–Crippen LogP) is 0.480. The fourth-order valence-electron chi connectivity index (χ4n) is 1.54. The number of hydrogen-bond acceptors (Lipinski definition) is 5. The van der Waals surface area contributed by atoms with E-state index in [2.05, 4.69) is 5.32 Å². The van der Waals surface area contributed by atoms with Gasteiger partial charge in [0.1, 0.15) is 25.1 Å². The topological polar surface area (TPSA) is 93.8 Å². The molecule has 0 aliphatic carbocycles. The number of amides is 1. The molecule has 1 aromatic carbocycles. The number of aryl methyl sites for hydroxylation is 1. The highest BCUT2D eigenvalue weighted by Crippen LogP contribution is 2.20. The fourth-order valence-corrected chi connectivity index (χ4v) is 1.66. The third-order valence-corrected chi connectivity index (χ3v) is 3.04. The van der Waals surface area contributed by atoms with E-state index >= 15 is 0 Å². The fraction of sp³-hybridized carbons (Fsp3) is 0.500. The number of ether oxygens (including phenoxy) is 2. The molecule has 6 nitrogen and oxygen atoms in total. The summed E-state index contributed by atoms with van der Waals surface area (Å²) in [6.07, 6.45) is -0.642. The van der Waals surface area contributed by atoms with Crippen LogP contribution in [-0.2, 0) is 9.53 Å². The second-order valence-electron chi connectivity index (χ2n) is 4.60. The summed E-state index contributed by atoms with van der Waals surface area (Å²) in [4.78, 5) is 10.4. The van der Waals surface area contributed by atoms with Gasteiger partial charge in [-0.3, -0.25) is 4.79 Å². The highest BCUT2D eigenvalue weighted by molar-refractivity contribution is 6.31. The van der Waals surface area contributed by atoms with Gasteiger partial charge in [0.2, 0.25) is 5.91 Å². The van der Waals surface area contributed by atoms with Crippen LogP contribution in [0.25, 0.3) is 0 Å². The number of hydrogen-bond donors (Lipinski definition) is 3. The van der Waals surface area contributed by atoms with Crippen molar-refractivity contribution in [1.29, 1.82) is 0 Å². The van der Waals surface area contributed by atoms with Crippen molar-refractivity contribution in [2.75, 3.05) is 32.9 Å². The normalized spacial score (nSPS) is 12.1. The highest BCUT2D eigenvalue weighted by atomic mass is 35.5. The van der Waals surface area contributed by atoms with Gasteiger partial charge in [0.15, 0.2) is 0 Å². The molecule has 0 aliphatic rings. The number of aliphatic hydroxyl groups is 1. The Hall–Kier alpha value is -1.34. The summed E-state index contributed by atoms with van der Waals surface area (Å²) in [6.45, 7) is 3.21. The Morgan fingerprint density at radius 1 is 1.52 bits per heavy atom. The molecular weight excluding hydrogens is 296 g/mol. The maximum atomic E-state index is 10.4. The highest BCUT2D eigenvalue weighted by Gasteiger charge is 2.06. The smallest absolute Gasteiger partial charge is 0.243 e. The minimum absolute atomic E-state index is 0.0940. The number of carbonyl (C=O) groups is 1. The molecule has 0 saturated carbocycles. The Morgan fingerprint density at radius 3 is 2.95 bits per heavy atom. The molecule has 0 heterocycles. The lowest BCUT2D eigenvalue weighted by atomic mass is 10.2. The summed E-state index contributed by atoms with van der Waals surface area (Å²) in [5.74, 6) is 0.169. The number of rotatable bonds is 10. The van der Waals surface area contributed by atoms with Crippen molar-refractivity contribution in [1.82, 2.24) is 5.32 Å². The molecule has 118 valence electrons. The molecule has 21 heavy (non-hydrogen) atoms. The van der Waals surface area contributed by atoms with Crippen molar-refractivity contribution in [3.05, 3.63) is 28.8 Å². The van der Waals surface area contributed by atoms with Gasteiger partial charge < -0.3 is 25.6 Å². The largest absolute Gasteiger partial charge is 0.491 e. The zero-order chi connectivity index (χ0) is 15.7. The maximum Gasteiger partial charge on any atom is 0.243 e. The molecule has 1 aromatic rings. The predicted molar refractivity (Wildman–Crippen MR) is 80.6 cm³/mol. The first-order valence-electron chi connectivity index (χ1n) is 6.63. The number of aliphatic hydroxyl groups excluding tert-OH is 1. The van der Waals surface area contributed by atoms with Crippen LogP contribution < -0.4 is 15.8 Å². The van der Waals surface area contributed by atoms with Gasteiger partial charge in [0.25, 0.3) is 0 Å². The van der Waals surface area contributed by atoms with Crippen LogP contribution in [0.5, 0.6) is 5.75 Å². The molecule has 1 unspecified atom stereocenters. The minimum atomic E-state index is -0.642. The first-order chi connectivity index (χ1) is 9.99. The number of primary amides is 1. The first kappa shape index (κ1) is 17.7. The average molecular weight is 317 g/mol. The maximum absolute atomic E-state index is 10.4. The molecule has 7 heteroatoms. The number of halogens is 1. The molecule has 0 radical (unpaired) electrons. The van der Waals surface area contributed by atoms with Crippen molar-refractivity contribution in [2.45, 2.75) is 13.0 Å². The van der Waals surface area contributed by atoms with Crippen LogP contribution in [0.15, 0.2) is 18.2 Å². The van der Waals surface area contributed by atoms with Gasteiger partial charge in [0.05, 0.1) is 6.61 Å². The van der Waals surface area contributed by atoms with Crippen molar-refractivity contribution in [3.8, 4) is 5.75 Å². The van der Waals surface area contributed by atoms with E-state index in [9.17, 15) is 9.90 Å². The van der Waals surface area contributed by atoms with Gasteiger partial charge >= 0.3 is 0 Å². The summed E-state index contributed by atoms with van der Waals surface area (Å²) < 4.78 is 10.4. The number of carbonyl (C=O) groups excluding carboxylic acids is 1. The third-order valence-electron chi connectivity index (χ3n) is 2.62. The van der Waals surface area contributed by atoms with Crippen LogP contribution in [0, 0.1) is 6.92 Å². The third kappa shape index (κ3) is 7.87. The van der Waals surface area contributed by atoms with E-state index in [1.54, 1.807) is 12.1 Å². The standard InChI is InChI=1S/C14H21ClN2O4/c1-10-6-12(2-3-13(10)15)21-8-11(18)7-17-4-5-20-9-14(16)19/h2-3,6,11,17-18H,4-5,7-9H2,1H3,(H2,16,19). The lowest BCUT2D eigenvalue weighted by Gasteiger charge is -2.14. The molecule has 0 bridgehead atoms. The SMILES string of the molecule is Cc1cc(OCC(O)CNCCOCC(N)=O)ccc1Cl. The van der Waals surface area contributed by atoms with Crippen molar-refractivity contribution in [3.63, 3.8) is 0 Å². The van der Waals surface area contributed by atoms with E-state index in [-0.39, 0.29) is 13.2 Å². The molecule has 1 rings (SSSR count). The molecule has 0 aromatic heterocycles. The van der Waals surface area contributed by atoms with Crippen molar-refractivity contribution >= 4 is 17.5 Å².